The van der Waals surface area contributed by atoms with Crippen molar-refractivity contribution in [3.05, 3.63) is 29.3 Å². The Morgan fingerprint density at radius 1 is 1.36 bits per heavy atom. The van der Waals surface area contributed by atoms with Gasteiger partial charge >= 0.3 is 0 Å². The van der Waals surface area contributed by atoms with Gasteiger partial charge in [0.05, 0.1) is 11.6 Å². The topological polar surface area (TPSA) is 50.4 Å². The number of hydrogen-bond donors (Lipinski definition) is 2. The van der Waals surface area contributed by atoms with Gasteiger partial charge in [-0.25, -0.2) is 0 Å². The molecule has 0 unspecified atom stereocenters. The predicted molar refractivity (Wildman–Crippen MR) is 89.4 cm³/mol. The van der Waals surface area contributed by atoms with Crippen LogP contribution in [0.15, 0.2) is 24.3 Å². The molecule has 122 valence electrons. The molecule has 1 fully saturated rings. The second-order valence-corrected chi connectivity index (χ2v) is 6.63. The Balaban J connectivity index is 1.61. The Bertz CT molecular complexity index is 487. The standard InChI is InChI=1S/C17H25ClN2O2/c1-17(8-10-19-11-9-17)13-20-16(21)7-4-12-22-15-6-3-2-5-14(15)18/h2-3,5-6,19H,4,7-13H2,1H3,(H,20,21). The first-order chi connectivity index (χ1) is 10.6. The molecular formula is C17H25ClN2O2. The van der Waals surface area contributed by atoms with E-state index in [1.54, 1.807) is 6.07 Å². The maximum Gasteiger partial charge on any atom is 0.220 e. The molecule has 2 N–H and O–H groups in total. The molecule has 1 saturated heterocycles. The number of carbonyl (C=O) groups excluding carboxylic acids is 1. The van der Waals surface area contributed by atoms with Crippen LogP contribution >= 0.6 is 11.6 Å². The van der Waals surface area contributed by atoms with Gasteiger partial charge in [0, 0.05) is 13.0 Å². The Kier molecular flexibility index (Phi) is 6.52. The summed E-state index contributed by atoms with van der Waals surface area (Å²) in [6.45, 7) is 5.59. The number of hydrogen-bond acceptors (Lipinski definition) is 3. The zero-order valence-corrected chi connectivity index (χ0v) is 13.9. The molecule has 1 aliphatic heterocycles. The average molecular weight is 325 g/mol. The lowest BCUT2D eigenvalue weighted by molar-refractivity contribution is -0.121. The van der Waals surface area contributed by atoms with Gasteiger partial charge in [0.2, 0.25) is 5.91 Å². The summed E-state index contributed by atoms with van der Waals surface area (Å²) in [7, 11) is 0. The highest BCUT2D eigenvalue weighted by Gasteiger charge is 2.26. The van der Waals surface area contributed by atoms with Crippen LogP contribution < -0.4 is 15.4 Å². The molecule has 0 atom stereocenters. The maximum atomic E-state index is 11.9. The van der Waals surface area contributed by atoms with E-state index in [0.29, 0.717) is 30.2 Å². The van der Waals surface area contributed by atoms with Gasteiger partial charge in [-0.3, -0.25) is 4.79 Å². The van der Waals surface area contributed by atoms with Crippen molar-refractivity contribution >= 4 is 17.5 Å². The zero-order chi connectivity index (χ0) is 15.8. The molecule has 22 heavy (non-hydrogen) atoms. The van der Waals surface area contributed by atoms with Gasteiger partial charge in [0.25, 0.3) is 0 Å². The molecule has 0 bridgehead atoms. The fourth-order valence-electron chi connectivity index (χ4n) is 2.58. The number of ether oxygens (including phenoxy) is 1. The van der Waals surface area contributed by atoms with E-state index >= 15 is 0 Å². The van der Waals surface area contributed by atoms with Crippen molar-refractivity contribution in [2.75, 3.05) is 26.2 Å². The van der Waals surface area contributed by atoms with E-state index in [2.05, 4.69) is 17.6 Å². The van der Waals surface area contributed by atoms with Crippen LogP contribution in [0.3, 0.4) is 0 Å². The van der Waals surface area contributed by atoms with Crippen LogP contribution in [0.1, 0.15) is 32.6 Å². The summed E-state index contributed by atoms with van der Waals surface area (Å²) < 4.78 is 5.58. The van der Waals surface area contributed by atoms with Gasteiger partial charge in [0.1, 0.15) is 5.75 Å². The van der Waals surface area contributed by atoms with Crippen LogP contribution in [0.2, 0.25) is 5.02 Å². The molecule has 0 saturated carbocycles. The number of para-hydroxylation sites is 1. The Labute approximate surface area is 137 Å². The molecule has 0 spiro atoms. The summed E-state index contributed by atoms with van der Waals surface area (Å²) in [5.74, 6) is 0.773. The van der Waals surface area contributed by atoms with Crippen LogP contribution in [0.5, 0.6) is 5.75 Å². The van der Waals surface area contributed by atoms with E-state index in [1.165, 1.54) is 0 Å². The summed E-state index contributed by atoms with van der Waals surface area (Å²) in [4.78, 5) is 11.9. The highest BCUT2D eigenvalue weighted by molar-refractivity contribution is 6.32. The number of benzene rings is 1. The fraction of sp³-hybridized carbons (Fsp3) is 0.588. The molecule has 2 rings (SSSR count). The predicted octanol–water partition coefficient (Wildman–Crippen LogP) is 3.00. The maximum absolute atomic E-state index is 11.9. The van der Waals surface area contributed by atoms with E-state index in [9.17, 15) is 4.79 Å². The van der Waals surface area contributed by atoms with Crippen LogP contribution in [0.25, 0.3) is 0 Å². The highest BCUT2D eigenvalue weighted by Crippen LogP contribution is 2.26. The molecule has 0 aliphatic carbocycles. The molecule has 4 nitrogen and oxygen atoms in total. The monoisotopic (exact) mass is 324 g/mol. The zero-order valence-electron chi connectivity index (χ0n) is 13.2. The summed E-state index contributed by atoms with van der Waals surface area (Å²) in [5.41, 5.74) is 0.231. The number of rotatable bonds is 7. The van der Waals surface area contributed by atoms with Gasteiger partial charge in [0.15, 0.2) is 0 Å². The Morgan fingerprint density at radius 3 is 2.82 bits per heavy atom. The first kappa shape index (κ1) is 17.1. The van der Waals surface area contributed by atoms with Crippen LogP contribution in [-0.4, -0.2) is 32.1 Å². The van der Waals surface area contributed by atoms with Crippen LogP contribution in [0.4, 0.5) is 0 Å². The number of carbonyl (C=O) groups is 1. The number of halogens is 1. The Morgan fingerprint density at radius 2 is 2.09 bits per heavy atom. The second kappa shape index (κ2) is 8.39. The quantitative estimate of drug-likeness (QED) is 0.758. The number of amides is 1. The summed E-state index contributed by atoms with van der Waals surface area (Å²) in [6.07, 6.45) is 3.40. The van der Waals surface area contributed by atoms with Gasteiger partial charge in [-0.05, 0) is 49.9 Å². The lowest BCUT2D eigenvalue weighted by Gasteiger charge is -2.34. The van der Waals surface area contributed by atoms with Crippen molar-refractivity contribution in [3.63, 3.8) is 0 Å². The first-order valence-corrected chi connectivity index (χ1v) is 8.32. The van der Waals surface area contributed by atoms with Crippen molar-refractivity contribution in [2.45, 2.75) is 32.6 Å². The fourth-order valence-corrected chi connectivity index (χ4v) is 2.77. The minimum atomic E-state index is 0.0996. The molecule has 0 aromatic heterocycles. The van der Waals surface area contributed by atoms with E-state index < -0.39 is 0 Å². The molecule has 5 heteroatoms. The van der Waals surface area contributed by atoms with Crippen molar-refractivity contribution < 1.29 is 9.53 Å². The summed E-state index contributed by atoms with van der Waals surface area (Å²) >= 11 is 6.01. The normalized spacial score (nSPS) is 17.0. The molecule has 1 aromatic rings. The van der Waals surface area contributed by atoms with Crippen LogP contribution in [-0.2, 0) is 4.79 Å². The summed E-state index contributed by atoms with van der Waals surface area (Å²) in [6, 6.07) is 7.38. The smallest absolute Gasteiger partial charge is 0.220 e. The van der Waals surface area contributed by atoms with E-state index in [0.717, 1.165) is 32.5 Å². The third-order valence-corrected chi connectivity index (χ3v) is 4.48. The third-order valence-electron chi connectivity index (χ3n) is 4.17. The Hall–Kier alpha value is -1.26. The SMILES string of the molecule is CC1(CNC(=O)CCCOc2ccccc2Cl)CCNCC1. The highest BCUT2D eigenvalue weighted by atomic mass is 35.5. The third kappa shape index (κ3) is 5.50. The number of nitrogens with one attached hydrogen (secondary N) is 2. The van der Waals surface area contributed by atoms with E-state index in [4.69, 9.17) is 16.3 Å². The second-order valence-electron chi connectivity index (χ2n) is 6.22. The van der Waals surface area contributed by atoms with Crippen molar-refractivity contribution in [2.24, 2.45) is 5.41 Å². The van der Waals surface area contributed by atoms with Crippen LogP contribution in [0, 0.1) is 5.41 Å². The molecule has 1 aliphatic rings. The largest absolute Gasteiger partial charge is 0.492 e. The van der Waals surface area contributed by atoms with Gasteiger partial charge < -0.3 is 15.4 Å². The van der Waals surface area contributed by atoms with Crippen molar-refractivity contribution in [1.82, 2.24) is 10.6 Å². The van der Waals surface area contributed by atoms with E-state index in [1.807, 2.05) is 18.2 Å². The van der Waals surface area contributed by atoms with Gasteiger partial charge in [-0.1, -0.05) is 30.7 Å². The minimum absolute atomic E-state index is 0.0996. The molecule has 1 heterocycles. The molecule has 0 radical (unpaired) electrons. The van der Waals surface area contributed by atoms with Gasteiger partial charge in [-0.2, -0.15) is 0 Å². The van der Waals surface area contributed by atoms with Gasteiger partial charge in [-0.15, -0.1) is 0 Å². The average Bonchev–Trinajstić information content (AvgIpc) is 2.52. The molecule has 1 amide bonds. The minimum Gasteiger partial charge on any atom is -0.492 e. The van der Waals surface area contributed by atoms with Crippen molar-refractivity contribution in [1.29, 1.82) is 0 Å². The lowest BCUT2D eigenvalue weighted by Crippen LogP contribution is -2.42. The molecular weight excluding hydrogens is 300 g/mol. The summed E-state index contributed by atoms with van der Waals surface area (Å²) in [5, 5.41) is 7.01. The van der Waals surface area contributed by atoms with E-state index in [-0.39, 0.29) is 11.3 Å². The first-order valence-electron chi connectivity index (χ1n) is 7.94. The lowest BCUT2D eigenvalue weighted by atomic mass is 9.81. The van der Waals surface area contributed by atoms with Crippen molar-refractivity contribution in [3.8, 4) is 5.75 Å². The number of piperidine rings is 1. The molecule has 1 aromatic carbocycles.